The molecule has 0 unspecified atom stereocenters. The van der Waals surface area contributed by atoms with Gasteiger partial charge in [-0.2, -0.15) is 0 Å². The van der Waals surface area contributed by atoms with Crippen molar-refractivity contribution in [1.29, 1.82) is 0 Å². The second-order valence-electron chi connectivity index (χ2n) is 18.3. The van der Waals surface area contributed by atoms with E-state index in [9.17, 15) is 0 Å². The monoisotopic (exact) mass is 1090 g/mol. The smallest absolute Gasteiger partial charge is 0.127 e. The van der Waals surface area contributed by atoms with E-state index in [1.807, 2.05) is 84.9 Å². The molecule has 3 aliphatic rings. The SMILES string of the molecule is C1#Cc2ccc3ccc4c(ccc5ccc2c3c54)C#Cc2ccc(cc2)OCCOCCOCCOCCOCCOCCOc2cccc3c(cccc23)OCCOCCOCCOCCOCCOCCOc2ccc1cc2. The lowest BCUT2D eigenvalue weighted by Gasteiger charge is -2.13. The Morgan fingerprint density at radius 3 is 0.838 bits per heavy atom. The molecule has 3 heterocycles. The zero-order valence-electron chi connectivity index (χ0n) is 45.4. The average Bonchev–Trinajstić information content (AvgIpc) is 3.58. The summed E-state index contributed by atoms with van der Waals surface area (Å²) in [5, 5.41) is 8.87. The van der Waals surface area contributed by atoms with Gasteiger partial charge in [0, 0.05) is 33.0 Å². The number of hydrogen-bond acceptors (Lipinski definition) is 14. The Bertz CT molecular complexity index is 3010. The van der Waals surface area contributed by atoms with E-state index in [1.54, 1.807) is 0 Å². The van der Waals surface area contributed by atoms with Gasteiger partial charge in [0.05, 0.1) is 132 Å². The van der Waals surface area contributed by atoms with Crippen LogP contribution in [0.2, 0.25) is 0 Å². The molecule has 8 aromatic rings. The first kappa shape index (κ1) is 57.7. The van der Waals surface area contributed by atoms with Crippen molar-refractivity contribution in [2.45, 2.75) is 0 Å². The van der Waals surface area contributed by atoms with Crippen molar-refractivity contribution in [2.24, 2.45) is 0 Å². The molecule has 0 saturated carbocycles. The van der Waals surface area contributed by atoms with Crippen LogP contribution in [0.1, 0.15) is 22.3 Å². The molecule has 0 aliphatic carbocycles. The van der Waals surface area contributed by atoms with Crippen LogP contribution in [0.5, 0.6) is 23.0 Å². The lowest BCUT2D eigenvalue weighted by atomic mass is 9.90. The minimum absolute atomic E-state index is 0.405. The maximum Gasteiger partial charge on any atom is 0.127 e. The molecule has 0 N–H and O–H groups in total. The standard InChI is InChI=1S/C66H70O14/c1-3-61-62-4-2-6-64(61)80-50-46-76-42-38-72-34-30-68-28-32-70-36-40-74-44-48-78-58-23-11-52(12-24-58)8-14-54-16-18-56-19-25-59-53(15-17-55-20-26-60(54)66(56)65(55)59)13-7-51-9-21-57(22-10-51)77-47-43-73-39-35-69-31-27-67-29-33-71-37-41-75-45-49-79-63(62)5-1/h1-6,9-12,15-26H,27-50H2. The van der Waals surface area contributed by atoms with E-state index in [2.05, 4.69) is 72.2 Å². The van der Waals surface area contributed by atoms with Crippen LogP contribution in [0.3, 0.4) is 0 Å². The van der Waals surface area contributed by atoms with Crippen molar-refractivity contribution in [1.82, 2.24) is 0 Å². The van der Waals surface area contributed by atoms with Gasteiger partial charge in [0.1, 0.15) is 49.4 Å². The third-order valence-electron chi connectivity index (χ3n) is 12.8. The molecule has 0 fully saturated rings. The van der Waals surface area contributed by atoms with Gasteiger partial charge in [-0.1, -0.05) is 84.3 Å². The topological polar surface area (TPSA) is 129 Å². The van der Waals surface area contributed by atoms with E-state index in [0.717, 1.165) is 66.8 Å². The van der Waals surface area contributed by atoms with Gasteiger partial charge in [-0.05, 0) is 105 Å². The first-order valence-electron chi connectivity index (χ1n) is 27.5. The van der Waals surface area contributed by atoms with Gasteiger partial charge in [-0.25, -0.2) is 0 Å². The van der Waals surface area contributed by atoms with Crippen molar-refractivity contribution in [3.8, 4) is 46.7 Å². The molecule has 14 heteroatoms. The summed E-state index contributed by atoms with van der Waals surface area (Å²) in [4.78, 5) is 0. The highest BCUT2D eigenvalue weighted by Crippen LogP contribution is 2.37. The molecule has 0 aromatic heterocycles. The van der Waals surface area contributed by atoms with Crippen LogP contribution >= 0.6 is 0 Å². The van der Waals surface area contributed by atoms with Crippen LogP contribution in [0.25, 0.3) is 43.1 Å². The molecule has 14 nitrogen and oxygen atoms in total. The van der Waals surface area contributed by atoms with Crippen molar-refractivity contribution in [2.75, 3.05) is 159 Å². The number of rotatable bonds is 0. The molecule has 80 heavy (non-hydrogen) atoms. The molecular formula is C66H70O14. The van der Waals surface area contributed by atoms with E-state index in [4.69, 9.17) is 66.3 Å². The molecule has 0 atom stereocenters. The molecule has 14 bridgehead atoms. The molecule has 8 aromatic carbocycles. The zero-order valence-corrected chi connectivity index (χ0v) is 45.4. The minimum atomic E-state index is 0.405. The lowest BCUT2D eigenvalue weighted by molar-refractivity contribution is -0.0141. The Hall–Kier alpha value is -7.02. The average molecular weight is 1090 g/mol. The van der Waals surface area contributed by atoms with Crippen LogP contribution in [-0.2, 0) is 47.4 Å². The van der Waals surface area contributed by atoms with Gasteiger partial charge in [0.15, 0.2) is 0 Å². The van der Waals surface area contributed by atoms with Crippen molar-refractivity contribution in [3.63, 3.8) is 0 Å². The molecule has 0 radical (unpaired) electrons. The van der Waals surface area contributed by atoms with E-state index in [0.29, 0.717) is 159 Å². The fourth-order valence-electron chi connectivity index (χ4n) is 8.89. The Morgan fingerprint density at radius 1 is 0.225 bits per heavy atom. The summed E-state index contributed by atoms with van der Waals surface area (Å²) in [6.45, 7) is 10.9. The first-order chi connectivity index (χ1) is 39.8. The fraction of sp³-hybridized carbons (Fsp3) is 0.364. The molecule has 3 aliphatic heterocycles. The Kier molecular flexibility index (Phi) is 23.7. The van der Waals surface area contributed by atoms with E-state index in [-0.39, 0.29) is 0 Å². The lowest BCUT2D eigenvalue weighted by Crippen LogP contribution is -2.15. The molecular weight excluding hydrogens is 1020 g/mol. The number of fused-ring (bicyclic) bond motifs is 2. The highest BCUT2D eigenvalue weighted by Gasteiger charge is 2.13. The van der Waals surface area contributed by atoms with Gasteiger partial charge < -0.3 is 66.3 Å². The van der Waals surface area contributed by atoms with E-state index >= 15 is 0 Å². The summed E-state index contributed by atoms with van der Waals surface area (Å²) in [6, 6.07) is 44.7. The Morgan fingerprint density at radius 2 is 0.512 bits per heavy atom. The first-order valence-corrected chi connectivity index (χ1v) is 27.5. The maximum atomic E-state index is 6.08. The van der Waals surface area contributed by atoms with Crippen LogP contribution in [0.4, 0.5) is 0 Å². The summed E-state index contributed by atoms with van der Waals surface area (Å²) in [5.74, 6) is 16.7. The third-order valence-corrected chi connectivity index (χ3v) is 12.8. The van der Waals surface area contributed by atoms with Gasteiger partial charge >= 0.3 is 0 Å². The van der Waals surface area contributed by atoms with Crippen LogP contribution in [0.15, 0.2) is 133 Å². The molecule has 418 valence electrons. The van der Waals surface area contributed by atoms with Crippen molar-refractivity contribution < 1.29 is 66.3 Å². The quantitative estimate of drug-likeness (QED) is 0.106. The molecule has 0 spiro atoms. The Labute approximate surface area is 468 Å². The summed E-state index contributed by atoms with van der Waals surface area (Å²) in [5.41, 5.74) is 3.74. The number of hydrogen-bond donors (Lipinski definition) is 0. The summed E-state index contributed by atoms with van der Waals surface area (Å²) < 4.78 is 80.7. The van der Waals surface area contributed by atoms with Crippen LogP contribution < -0.4 is 18.9 Å². The second-order valence-corrected chi connectivity index (χ2v) is 18.3. The molecule has 11 rings (SSSR count). The largest absolute Gasteiger partial charge is 0.491 e. The fourth-order valence-corrected chi connectivity index (χ4v) is 8.89. The maximum absolute atomic E-state index is 6.08. The second kappa shape index (κ2) is 32.9. The van der Waals surface area contributed by atoms with Crippen molar-refractivity contribution in [3.05, 3.63) is 156 Å². The zero-order chi connectivity index (χ0) is 54.5. The predicted molar refractivity (Wildman–Crippen MR) is 309 cm³/mol. The minimum Gasteiger partial charge on any atom is -0.491 e. The van der Waals surface area contributed by atoms with Crippen molar-refractivity contribution >= 4 is 43.1 Å². The molecule has 0 amide bonds. The predicted octanol–water partition coefficient (Wildman–Crippen LogP) is 9.93. The number of ether oxygens (including phenoxy) is 14. The van der Waals surface area contributed by atoms with Gasteiger partial charge in [-0.15, -0.1) is 0 Å². The molecule has 0 saturated heterocycles. The highest BCUT2D eigenvalue weighted by molar-refractivity contribution is 6.24. The van der Waals surface area contributed by atoms with Crippen LogP contribution in [0, 0.1) is 23.7 Å². The van der Waals surface area contributed by atoms with Gasteiger partial charge in [0.2, 0.25) is 0 Å². The van der Waals surface area contributed by atoms with Crippen LogP contribution in [-0.4, -0.2) is 159 Å². The van der Waals surface area contributed by atoms with Gasteiger partial charge in [-0.3, -0.25) is 0 Å². The summed E-state index contributed by atoms with van der Waals surface area (Å²) in [6.07, 6.45) is 0. The normalized spacial score (nSPS) is 17.2. The highest BCUT2D eigenvalue weighted by atomic mass is 16.6. The third kappa shape index (κ3) is 18.0. The summed E-state index contributed by atoms with van der Waals surface area (Å²) in [7, 11) is 0. The van der Waals surface area contributed by atoms with E-state index < -0.39 is 0 Å². The Balaban J connectivity index is 0.722. The summed E-state index contributed by atoms with van der Waals surface area (Å²) >= 11 is 0. The van der Waals surface area contributed by atoms with Gasteiger partial charge in [0.25, 0.3) is 0 Å². The number of benzene rings is 8. The van der Waals surface area contributed by atoms with E-state index in [1.165, 1.54) is 21.5 Å².